The van der Waals surface area contributed by atoms with Gasteiger partial charge in [-0.1, -0.05) is 12.1 Å². The molecule has 10 heteroatoms. The van der Waals surface area contributed by atoms with Crippen LogP contribution in [0.3, 0.4) is 0 Å². The zero-order valence-electron chi connectivity index (χ0n) is 13.7. The van der Waals surface area contributed by atoms with E-state index in [1.807, 2.05) is 0 Å². The first-order valence-electron chi connectivity index (χ1n) is 7.68. The molecule has 1 N–H and O–H groups in total. The van der Waals surface area contributed by atoms with Crippen molar-refractivity contribution in [2.24, 2.45) is 0 Å². The summed E-state index contributed by atoms with van der Waals surface area (Å²) < 4.78 is 90.3. The molecule has 0 fully saturated rings. The first kappa shape index (κ1) is 19.6. The lowest BCUT2D eigenvalue weighted by atomic mass is 10.1. The molecule has 0 radical (unpaired) electrons. The summed E-state index contributed by atoms with van der Waals surface area (Å²) in [7, 11) is 0. The van der Waals surface area contributed by atoms with Crippen LogP contribution in [0.25, 0.3) is 11.3 Å². The van der Waals surface area contributed by atoms with Gasteiger partial charge in [-0.15, -0.1) is 0 Å². The second kappa shape index (κ2) is 7.10. The molecule has 0 aliphatic carbocycles. The van der Waals surface area contributed by atoms with E-state index in [2.05, 4.69) is 15.3 Å². The maximum atomic E-state index is 13.4. The third-order valence-electron chi connectivity index (χ3n) is 3.67. The Bertz CT molecular complexity index is 997. The fourth-order valence-corrected chi connectivity index (χ4v) is 2.38. The molecule has 3 rings (SSSR count). The second-order valence-electron chi connectivity index (χ2n) is 5.66. The van der Waals surface area contributed by atoms with Gasteiger partial charge in [0.15, 0.2) is 0 Å². The maximum Gasteiger partial charge on any atom is 0.419 e. The van der Waals surface area contributed by atoms with Crippen LogP contribution in [0.15, 0.2) is 54.7 Å². The van der Waals surface area contributed by atoms with Crippen molar-refractivity contribution in [3.05, 3.63) is 71.7 Å². The molecule has 1 heterocycles. The molecule has 0 unspecified atom stereocenters. The van der Waals surface area contributed by atoms with E-state index in [0.29, 0.717) is 12.1 Å². The molecule has 28 heavy (non-hydrogen) atoms. The Hall–Kier alpha value is -3.17. The number of nitrogens with zero attached hydrogens (tertiary/aromatic N) is 2. The number of aromatic nitrogens is 2. The summed E-state index contributed by atoms with van der Waals surface area (Å²) >= 11 is 0. The zero-order chi connectivity index (χ0) is 20.5. The van der Waals surface area contributed by atoms with Crippen molar-refractivity contribution in [3.63, 3.8) is 0 Å². The lowest BCUT2D eigenvalue weighted by molar-refractivity contribution is -0.140. The highest BCUT2D eigenvalue weighted by Crippen LogP contribution is 2.34. The van der Waals surface area contributed by atoms with Crippen molar-refractivity contribution in [1.29, 1.82) is 0 Å². The van der Waals surface area contributed by atoms with Gasteiger partial charge in [0.1, 0.15) is 5.82 Å². The standard InChI is InChI=1S/C18H10F7N3/c19-14-5-4-12(9-13(14)18(23,24)25)27-16-26-7-6-15(28-16)10-2-1-3-11(8-10)17(20,21)22/h1-9H,(H,26,27,28). The van der Waals surface area contributed by atoms with Crippen LogP contribution >= 0.6 is 0 Å². The van der Waals surface area contributed by atoms with E-state index in [4.69, 9.17) is 0 Å². The normalized spacial score (nSPS) is 12.1. The molecule has 2 aromatic carbocycles. The van der Waals surface area contributed by atoms with Crippen molar-refractivity contribution in [3.8, 4) is 11.3 Å². The smallest absolute Gasteiger partial charge is 0.324 e. The summed E-state index contributed by atoms with van der Waals surface area (Å²) in [5, 5.41) is 2.49. The van der Waals surface area contributed by atoms with Crippen LogP contribution in [0.5, 0.6) is 0 Å². The van der Waals surface area contributed by atoms with E-state index in [0.717, 1.165) is 18.2 Å². The highest BCUT2D eigenvalue weighted by molar-refractivity contribution is 5.63. The van der Waals surface area contributed by atoms with E-state index in [-0.39, 0.29) is 22.9 Å². The van der Waals surface area contributed by atoms with Crippen LogP contribution in [0, 0.1) is 5.82 Å². The number of anilines is 2. The Labute approximate surface area is 153 Å². The van der Waals surface area contributed by atoms with Gasteiger partial charge in [0.2, 0.25) is 5.95 Å². The van der Waals surface area contributed by atoms with Gasteiger partial charge in [-0.25, -0.2) is 14.4 Å². The van der Waals surface area contributed by atoms with Crippen LogP contribution in [0.2, 0.25) is 0 Å². The summed E-state index contributed by atoms with van der Waals surface area (Å²) in [5.41, 5.74) is -2.19. The van der Waals surface area contributed by atoms with E-state index in [9.17, 15) is 30.7 Å². The van der Waals surface area contributed by atoms with E-state index < -0.39 is 29.3 Å². The number of hydrogen-bond donors (Lipinski definition) is 1. The molecule has 3 nitrogen and oxygen atoms in total. The van der Waals surface area contributed by atoms with Gasteiger partial charge in [-0.3, -0.25) is 0 Å². The Balaban J connectivity index is 1.91. The molecule has 1 aromatic heterocycles. The lowest BCUT2D eigenvalue weighted by Gasteiger charge is -2.12. The van der Waals surface area contributed by atoms with Crippen LogP contribution < -0.4 is 5.32 Å². The van der Waals surface area contributed by atoms with E-state index in [1.54, 1.807) is 0 Å². The van der Waals surface area contributed by atoms with Crippen molar-refractivity contribution in [1.82, 2.24) is 9.97 Å². The summed E-state index contributed by atoms with van der Waals surface area (Å²) in [6.45, 7) is 0. The molecule has 0 saturated heterocycles. The van der Waals surface area contributed by atoms with Gasteiger partial charge in [-0.05, 0) is 36.4 Å². The minimum atomic E-state index is -4.89. The quantitative estimate of drug-likeness (QED) is 0.542. The largest absolute Gasteiger partial charge is 0.419 e. The van der Waals surface area contributed by atoms with Crippen molar-refractivity contribution in [2.45, 2.75) is 12.4 Å². The Morgan fingerprint density at radius 3 is 2.25 bits per heavy atom. The van der Waals surface area contributed by atoms with Crippen LogP contribution in [-0.4, -0.2) is 9.97 Å². The molecule has 0 amide bonds. The molecule has 0 saturated carbocycles. The predicted molar refractivity (Wildman–Crippen MR) is 87.2 cm³/mol. The van der Waals surface area contributed by atoms with Gasteiger partial charge in [0.05, 0.1) is 16.8 Å². The minimum Gasteiger partial charge on any atom is -0.324 e. The SMILES string of the molecule is Fc1ccc(Nc2nccc(-c3cccc(C(F)(F)F)c3)n2)cc1C(F)(F)F. The van der Waals surface area contributed by atoms with Crippen LogP contribution in [0.4, 0.5) is 42.4 Å². The highest BCUT2D eigenvalue weighted by Gasteiger charge is 2.34. The fourth-order valence-electron chi connectivity index (χ4n) is 2.38. The topological polar surface area (TPSA) is 37.8 Å². The average molecular weight is 401 g/mol. The molecular weight excluding hydrogens is 391 g/mol. The second-order valence-corrected chi connectivity index (χ2v) is 5.66. The number of alkyl halides is 6. The number of benzene rings is 2. The zero-order valence-corrected chi connectivity index (χ0v) is 13.7. The molecular formula is C18H10F7N3. The van der Waals surface area contributed by atoms with Crippen molar-refractivity contribution < 1.29 is 30.7 Å². The fraction of sp³-hybridized carbons (Fsp3) is 0.111. The Morgan fingerprint density at radius 2 is 1.57 bits per heavy atom. The van der Waals surface area contributed by atoms with Crippen molar-refractivity contribution in [2.75, 3.05) is 5.32 Å². The van der Waals surface area contributed by atoms with Crippen LogP contribution in [0.1, 0.15) is 11.1 Å². The van der Waals surface area contributed by atoms with E-state index in [1.165, 1.54) is 24.4 Å². The molecule has 0 aliphatic heterocycles. The number of rotatable bonds is 3. The molecule has 146 valence electrons. The third kappa shape index (κ3) is 4.38. The Kier molecular flexibility index (Phi) is 4.97. The van der Waals surface area contributed by atoms with E-state index >= 15 is 0 Å². The molecule has 0 atom stereocenters. The average Bonchev–Trinajstić information content (AvgIpc) is 2.62. The third-order valence-corrected chi connectivity index (χ3v) is 3.67. The van der Waals surface area contributed by atoms with Crippen molar-refractivity contribution >= 4 is 11.6 Å². The first-order chi connectivity index (χ1) is 13.0. The monoisotopic (exact) mass is 401 g/mol. The molecule has 0 bridgehead atoms. The Morgan fingerprint density at radius 1 is 0.821 bits per heavy atom. The number of nitrogens with one attached hydrogen (secondary N) is 1. The van der Waals surface area contributed by atoms with Gasteiger partial charge < -0.3 is 5.32 Å². The predicted octanol–water partition coefficient (Wildman–Crippen LogP) is 6.06. The minimum absolute atomic E-state index is 0.127. The van der Waals surface area contributed by atoms with Gasteiger partial charge in [-0.2, -0.15) is 26.3 Å². The molecule has 3 aromatic rings. The number of hydrogen-bond acceptors (Lipinski definition) is 3. The highest BCUT2D eigenvalue weighted by atomic mass is 19.4. The van der Waals surface area contributed by atoms with Crippen LogP contribution in [-0.2, 0) is 12.4 Å². The first-order valence-corrected chi connectivity index (χ1v) is 7.68. The maximum absolute atomic E-state index is 13.4. The summed E-state index contributed by atoms with van der Waals surface area (Å²) in [6, 6.07) is 8.02. The lowest BCUT2D eigenvalue weighted by Crippen LogP contribution is -2.09. The van der Waals surface area contributed by atoms with Gasteiger partial charge in [0, 0.05) is 17.4 Å². The van der Waals surface area contributed by atoms with Gasteiger partial charge in [0.25, 0.3) is 0 Å². The summed E-state index contributed by atoms with van der Waals surface area (Å²) in [4.78, 5) is 7.84. The summed E-state index contributed by atoms with van der Waals surface area (Å²) in [6.07, 6.45) is -8.19. The molecule has 0 spiro atoms. The molecule has 0 aliphatic rings. The van der Waals surface area contributed by atoms with Gasteiger partial charge >= 0.3 is 12.4 Å². The summed E-state index contributed by atoms with van der Waals surface area (Å²) in [5.74, 6) is -1.59. The number of halogens is 7.